The molecule has 1 unspecified atom stereocenters. The zero-order chi connectivity index (χ0) is 14.3. The molecule has 2 aromatic carbocycles. The van der Waals surface area contributed by atoms with Crippen LogP contribution in [0.4, 0.5) is 0 Å². The van der Waals surface area contributed by atoms with Gasteiger partial charge >= 0.3 is 5.97 Å². The molecule has 0 aliphatic heterocycles. The van der Waals surface area contributed by atoms with Crippen LogP contribution in [0.25, 0.3) is 11.1 Å². The van der Waals surface area contributed by atoms with Gasteiger partial charge in [-0.15, -0.1) is 0 Å². The van der Waals surface area contributed by atoms with Gasteiger partial charge in [0.1, 0.15) is 5.75 Å². The molecule has 1 aliphatic rings. The molecule has 1 aliphatic carbocycles. The Hall–Kier alpha value is -2.29. The van der Waals surface area contributed by atoms with Crippen molar-refractivity contribution in [3.05, 3.63) is 53.1 Å². The molecule has 0 spiro atoms. The lowest BCUT2D eigenvalue weighted by molar-refractivity contribution is -0.144. The molecule has 102 valence electrons. The summed E-state index contributed by atoms with van der Waals surface area (Å²) in [5.41, 5.74) is 5.33. The molecular formula is C17H16O3. The molecular weight excluding hydrogens is 252 g/mol. The number of hydrogen-bond donors (Lipinski definition) is 0. The lowest BCUT2D eigenvalue weighted by atomic mass is 10.0. The van der Waals surface area contributed by atoms with Crippen molar-refractivity contribution in [2.24, 2.45) is 0 Å². The van der Waals surface area contributed by atoms with Gasteiger partial charge in [0.15, 0.2) is 6.10 Å². The Morgan fingerprint density at radius 3 is 2.55 bits per heavy atom. The second-order valence-corrected chi connectivity index (χ2v) is 4.93. The van der Waals surface area contributed by atoms with Crippen molar-refractivity contribution < 1.29 is 14.3 Å². The minimum Gasteiger partial charge on any atom is -0.496 e. The van der Waals surface area contributed by atoms with Crippen LogP contribution in [0.1, 0.15) is 29.7 Å². The summed E-state index contributed by atoms with van der Waals surface area (Å²) in [4.78, 5) is 11.4. The first-order valence-corrected chi connectivity index (χ1v) is 6.57. The van der Waals surface area contributed by atoms with Crippen LogP contribution < -0.4 is 4.74 Å². The Morgan fingerprint density at radius 1 is 1.10 bits per heavy atom. The monoisotopic (exact) mass is 268 g/mol. The highest BCUT2D eigenvalue weighted by Crippen LogP contribution is 2.48. The van der Waals surface area contributed by atoms with E-state index in [9.17, 15) is 4.79 Å². The first kappa shape index (κ1) is 12.7. The zero-order valence-electron chi connectivity index (χ0n) is 11.8. The van der Waals surface area contributed by atoms with Crippen LogP contribution in [0.3, 0.4) is 0 Å². The molecule has 3 rings (SSSR count). The topological polar surface area (TPSA) is 35.5 Å². The SMILES string of the molecule is COc1ccc2c(c1C)C(OC(C)=O)c1ccccc1-2. The molecule has 0 heterocycles. The van der Waals surface area contributed by atoms with E-state index in [0.29, 0.717) is 0 Å². The van der Waals surface area contributed by atoms with E-state index >= 15 is 0 Å². The molecule has 0 saturated heterocycles. The van der Waals surface area contributed by atoms with Gasteiger partial charge in [-0.1, -0.05) is 30.3 Å². The molecule has 0 amide bonds. The van der Waals surface area contributed by atoms with Crippen LogP contribution in [0, 0.1) is 6.92 Å². The van der Waals surface area contributed by atoms with Crippen LogP contribution in [0.5, 0.6) is 5.75 Å². The van der Waals surface area contributed by atoms with Crippen LogP contribution in [0.2, 0.25) is 0 Å². The predicted molar refractivity (Wildman–Crippen MR) is 76.8 cm³/mol. The number of hydrogen-bond acceptors (Lipinski definition) is 3. The minimum atomic E-state index is -0.339. The van der Waals surface area contributed by atoms with Gasteiger partial charge in [0.2, 0.25) is 0 Å². The Labute approximate surface area is 118 Å². The first-order valence-electron chi connectivity index (χ1n) is 6.57. The van der Waals surface area contributed by atoms with Crippen molar-refractivity contribution in [3.63, 3.8) is 0 Å². The van der Waals surface area contributed by atoms with Crippen LogP contribution in [0.15, 0.2) is 36.4 Å². The second-order valence-electron chi connectivity index (χ2n) is 4.93. The first-order chi connectivity index (χ1) is 9.63. The van der Waals surface area contributed by atoms with E-state index in [0.717, 1.165) is 33.6 Å². The Kier molecular flexibility index (Phi) is 2.97. The number of esters is 1. The molecule has 3 heteroatoms. The molecule has 3 nitrogen and oxygen atoms in total. The number of rotatable bonds is 2. The third-order valence-electron chi connectivity index (χ3n) is 3.76. The van der Waals surface area contributed by atoms with E-state index in [1.807, 2.05) is 37.3 Å². The molecule has 0 saturated carbocycles. The van der Waals surface area contributed by atoms with Gasteiger partial charge in [0, 0.05) is 18.1 Å². The van der Waals surface area contributed by atoms with E-state index < -0.39 is 0 Å². The minimum absolute atomic E-state index is 0.278. The van der Waals surface area contributed by atoms with E-state index in [1.54, 1.807) is 7.11 Å². The van der Waals surface area contributed by atoms with Crippen molar-refractivity contribution in [1.82, 2.24) is 0 Å². The molecule has 2 aromatic rings. The van der Waals surface area contributed by atoms with Crippen molar-refractivity contribution in [2.75, 3.05) is 7.11 Å². The standard InChI is InChI=1S/C17H16O3/c1-10-15(19-3)9-8-13-12-6-4-5-7-14(12)17(16(10)13)20-11(2)18/h4-9,17H,1-3H3. The van der Waals surface area contributed by atoms with Gasteiger partial charge in [0.25, 0.3) is 0 Å². The molecule has 20 heavy (non-hydrogen) atoms. The Balaban J connectivity index is 2.25. The average Bonchev–Trinajstić information content (AvgIpc) is 2.74. The van der Waals surface area contributed by atoms with Crippen molar-refractivity contribution in [2.45, 2.75) is 20.0 Å². The number of carbonyl (C=O) groups excluding carboxylic acids is 1. The van der Waals surface area contributed by atoms with Crippen molar-refractivity contribution in [3.8, 4) is 16.9 Å². The van der Waals surface area contributed by atoms with Crippen LogP contribution in [-0.2, 0) is 9.53 Å². The fraction of sp³-hybridized carbons (Fsp3) is 0.235. The smallest absolute Gasteiger partial charge is 0.303 e. The summed E-state index contributed by atoms with van der Waals surface area (Å²) in [6.45, 7) is 3.44. The summed E-state index contributed by atoms with van der Waals surface area (Å²) < 4.78 is 10.9. The van der Waals surface area contributed by atoms with Gasteiger partial charge in [-0.05, 0) is 29.7 Å². The van der Waals surface area contributed by atoms with E-state index in [1.165, 1.54) is 6.92 Å². The van der Waals surface area contributed by atoms with Crippen molar-refractivity contribution >= 4 is 5.97 Å². The third kappa shape index (κ3) is 1.78. The van der Waals surface area contributed by atoms with Crippen LogP contribution >= 0.6 is 0 Å². The van der Waals surface area contributed by atoms with E-state index in [4.69, 9.17) is 9.47 Å². The number of carbonyl (C=O) groups is 1. The number of ether oxygens (including phenoxy) is 2. The summed E-state index contributed by atoms with van der Waals surface area (Å²) in [7, 11) is 1.65. The summed E-state index contributed by atoms with van der Waals surface area (Å²) in [5, 5.41) is 0. The Morgan fingerprint density at radius 2 is 1.85 bits per heavy atom. The number of fused-ring (bicyclic) bond motifs is 3. The van der Waals surface area contributed by atoms with E-state index in [2.05, 4.69) is 6.07 Å². The van der Waals surface area contributed by atoms with Gasteiger partial charge in [-0.25, -0.2) is 0 Å². The number of benzene rings is 2. The summed E-state index contributed by atoms with van der Waals surface area (Å²) in [5.74, 6) is 0.536. The Bertz CT molecular complexity index is 689. The highest BCUT2D eigenvalue weighted by Gasteiger charge is 2.33. The summed E-state index contributed by atoms with van der Waals surface area (Å²) in [6, 6.07) is 12.0. The quantitative estimate of drug-likeness (QED) is 0.780. The largest absolute Gasteiger partial charge is 0.496 e. The zero-order valence-corrected chi connectivity index (χ0v) is 11.8. The molecule has 0 fully saturated rings. The maximum Gasteiger partial charge on any atom is 0.303 e. The normalized spacial score (nSPS) is 15.4. The summed E-state index contributed by atoms with van der Waals surface area (Å²) >= 11 is 0. The highest BCUT2D eigenvalue weighted by atomic mass is 16.5. The van der Waals surface area contributed by atoms with Gasteiger partial charge in [-0.2, -0.15) is 0 Å². The highest BCUT2D eigenvalue weighted by molar-refractivity contribution is 5.81. The predicted octanol–water partition coefficient (Wildman–Crippen LogP) is 3.64. The number of methoxy groups -OCH3 is 1. The molecule has 1 atom stereocenters. The maximum absolute atomic E-state index is 11.4. The van der Waals surface area contributed by atoms with Gasteiger partial charge < -0.3 is 9.47 Å². The molecule has 0 aromatic heterocycles. The second kappa shape index (κ2) is 4.67. The van der Waals surface area contributed by atoms with Crippen molar-refractivity contribution in [1.29, 1.82) is 0 Å². The average molecular weight is 268 g/mol. The lowest BCUT2D eigenvalue weighted by Crippen LogP contribution is -2.08. The molecule has 0 bridgehead atoms. The molecule has 0 N–H and O–H groups in total. The van der Waals surface area contributed by atoms with Gasteiger partial charge in [0.05, 0.1) is 7.11 Å². The third-order valence-corrected chi connectivity index (χ3v) is 3.76. The van der Waals surface area contributed by atoms with Gasteiger partial charge in [-0.3, -0.25) is 4.79 Å². The maximum atomic E-state index is 11.4. The lowest BCUT2D eigenvalue weighted by Gasteiger charge is -2.17. The fourth-order valence-electron chi connectivity index (χ4n) is 2.92. The molecule has 0 radical (unpaired) electrons. The van der Waals surface area contributed by atoms with Crippen LogP contribution in [-0.4, -0.2) is 13.1 Å². The fourth-order valence-corrected chi connectivity index (χ4v) is 2.92. The summed E-state index contributed by atoms with van der Waals surface area (Å²) in [6.07, 6.45) is -0.339. The van der Waals surface area contributed by atoms with E-state index in [-0.39, 0.29) is 12.1 Å².